The molecule has 0 saturated carbocycles. The van der Waals surface area contributed by atoms with Gasteiger partial charge in [-0.25, -0.2) is 4.79 Å². The van der Waals surface area contributed by atoms with Gasteiger partial charge < -0.3 is 15.8 Å². The number of carbonyl (C=O) groups is 2. The van der Waals surface area contributed by atoms with Gasteiger partial charge in [0.05, 0.1) is 0 Å². The van der Waals surface area contributed by atoms with Gasteiger partial charge in [-0.1, -0.05) is 31.5 Å². The molecule has 3 amide bonds. The van der Waals surface area contributed by atoms with Crippen molar-refractivity contribution >= 4 is 23.5 Å². The van der Waals surface area contributed by atoms with E-state index in [0.29, 0.717) is 17.3 Å². The quantitative estimate of drug-likeness (QED) is 0.740. The molecule has 4 N–H and O–H groups in total. The van der Waals surface area contributed by atoms with Crippen LogP contribution in [0.5, 0.6) is 5.75 Å². The summed E-state index contributed by atoms with van der Waals surface area (Å²) in [5.41, 5.74) is 5.60. The molecule has 0 spiro atoms. The predicted molar refractivity (Wildman–Crippen MR) is 76.6 cm³/mol. The fraction of sp³-hybridized carbons (Fsp3) is 0.385. The van der Waals surface area contributed by atoms with E-state index in [1.54, 1.807) is 18.2 Å². The van der Waals surface area contributed by atoms with Crippen LogP contribution < -0.4 is 21.1 Å². The number of hydrogen-bond acceptors (Lipinski definition) is 4. The smallest absolute Gasteiger partial charge is 0.318 e. The van der Waals surface area contributed by atoms with Crippen LogP contribution in [0.4, 0.5) is 4.79 Å². The number of benzene rings is 1. The molecule has 0 fully saturated rings. The lowest BCUT2D eigenvalue weighted by molar-refractivity contribution is -0.121. The second-order valence-corrected chi connectivity index (χ2v) is 4.86. The zero-order chi connectivity index (χ0) is 15.1. The minimum absolute atomic E-state index is 0.289. The van der Waals surface area contributed by atoms with Gasteiger partial charge in [-0.05, 0) is 12.1 Å². The fourth-order valence-corrected chi connectivity index (χ4v) is 1.70. The van der Waals surface area contributed by atoms with Crippen molar-refractivity contribution in [3.8, 4) is 5.75 Å². The summed E-state index contributed by atoms with van der Waals surface area (Å²) in [6.45, 7) is 4.23. The first kappa shape index (κ1) is 16.3. The Morgan fingerprint density at radius 3 is 2.70 bits per heavy atom. The third-order valence-electron chi connectivity index (χ3n) is 2.38. The monoisotopic (exact) mass is 299 g/mol. The number of urea groups is 1. The van der Waals surface area contributed by atoms with Gasteiger partial charge in [0, 0.05) is 23.2 Å². The van der Waals surface area contributed by atoms with Crippen LogP contribution in [0.25, 0.3) is 0 Å². The van der Waals surface area contributed by atoms with Crippen LogP contribution in [0.3, 0.4) is 0 Å². The van der Waals surface area contributed by atoms with E-state index in [2.05, 4.69) is 5.32 Å². The highest BCUT2D eigenvalue weighted by atomic mass is 35.5. The number of rotatable bonds is 6. The summed E-state index contributed by atoms with van der Waals surface area (Å²) in [6.07, 6.45) is 0. The first-order chi connectivity index (χ1) is 9.40. The minimum Gasteiger partial charge on any atom is -0.483 e. The third-order valence-corrected chi connectivity index (χ3v) is 2.74. The maximum atomic E-state index is 11.3. The van der Waals surface area contributed by atoms with E-state index in [0.717, 1.165) is 5.56 Å². The Bertz CT molecular complexity index is 492. The zero-order valence-electron chi connectivity index (χ0n) is 11.4. The zero-order valence-corrected chi connectivity index (χ0v) is 12.2. The molecular formula is C13H18ClN3O3. The van der Waals surface area contributed by atoms with Crippen molar-refractivity contribution in [3.63, 3.8) is 0 Å². The van der Waals surface area contributed by atoms with Gasteiger partial charge in [-0.15, -0.1) is 0 Å². The van der Waals surface area contributed by atoms with E-state index >= 15 is 0 Å². The number of amides is 3. The molecule has 20 heavy (non-hydrogen) atoms. The number of nitrogens with two attached hydrogens (primary N) is 1. The van der Waals surface area contributed by atoms with E-state index < -0.39 is 11.9 Å². The van der Waals surface area contributed by atoms with E-state index in [4.69, 9.17) is 22.1 Å². The molecule has 1 aromatic rings. The van der Waals surface area contributed by atoms with Gasteiger partial charge in [0.1, 0.15) is 5.75 Å². The molecule has 0 atom stereocenters. The Hall–Kier alpha value is -1.79. The van der Waals surface area contributed by atoms with Crippen molar-refractivity contribution < 1.29 is 14.3 Å². The van der Waals surface area contributed by atoms with Crippen LogP contribution in [0.2, 0.25) is 5.02 Å². The van der Waals surface area contributed by atoms with E-state index in [9.17, 15) is 9.59 Å². The Balaban J connectivity index is 2.71. The van der Waals surface area contributed by atoms with E-state index in [-0.39, 0.29) is 12.6 Å². The summed E-state index contributed by atoms with van der Waals surface area (Å²) >= 11 is 6.12. The number of primary amides is 1. The Morgan fingerprint density at radius 2 is 2.10 bits per heavy atom. The predicted octanol–water partition coefficient (Wildman–Crippen LogP) is 1.41. The molecule has 0 aliphatic rings. The van der Waals surface area contributed by atoms with Crippen molar-refractivity contribution in [2.24, 2.45) is 5.73 Å². The minimum atomic E-state index is -0.911. The van der Waals surface area contributed by atoms with Crippen molar-refractivity contribution in [2.75, 3.05) is 6.61 Å². The largest absolute Gasteiger partial charge is 0.483 e. The van der Waals surface area contributed by atoms with Gasteiger partial charge in [-0.3, -0.25) is 10.1 Å². The number of carbonyl (C=O) groups excluding carboxylic acids is 2. The molecule has 0 unspecified atom stereocenters. The van der Waals surface area contributed by atoms with Crippen LogP contribution in [-0.4, -0.2) is 24.6 Å². The topological polar surface area (TPSA) is 93.4 Å². The van der Waals surface area contributed by atoms with Gasteiger partial charge in [0.25, 0.3) is 5.91 Å². The molecule has 1 aromatic carbocycles. The van der Waals surface area contributed by atoms with Gasteiger partial charge in [0.2, 0.25) is 0 Å². The highest BCUT2D eigenvalue weighted by Gasteiger charge is 2.11. The van der Waals surface area contributed by atoms with Crippen molar-refractivity contribution in [2.45, 2.75) is 26.4 Å². The second-order valence-electron chi connectivity index (χ2n) is 4.45. The molecule has 110 valence electrons. The average molecular weight is 300 g/mol. The van der Waals surface area contributed by atoms with Gasteiger partial charge in [-0.2, -0.15) is 0 Å². The van der Waals surface area contributed by atoms with Crippen LogP contribution in [0, 0.1) is 0 Å². The third kappa shape index (κ3) is 5.46. The summed E-state index contributed by atoms with van der Waals surface area (Å²) in [5, 5.41) is 5.69. The van der Waals surface area contributed by atoms with Crippen molar-refractivity contribution in [3.05, 3.63) is 28.8 Å². The number of nitrogens with one attached hydrogen (secondary N) is 2. The normalized spacial score (nSPS) is 10.4. The first-order valence-electron chi connectivity index (χ1n) is 6.13. The van der Waals surface area contributed by atoms with Crippen molar-refractivity contribution in [1.29, 1.82) is 0 Å². The molecule has 0 radical (unpaired) electrons. The average Bonchev–Trinajstić information content (AvgIpc) is 2.34. The summed E-state index contributed by atoms with van der Waals surface area (Å²) in [7, 11) is 0. The van der Waals surface area contributed by atoms with E-state index in [1.807, 2.05) is 19.2 Å². The number of ether oxygens (including phenoxy) is 1. The fourth-order valence-electron chi connectivity index (χ4n) is 1.47. The standard InChI is InChI=1S/C13H18ClN3O3/c1-8(2)16-6-9-10(14)4-3-5-11(9)20-7-12(18)17-13(15)19/h3-5,8,16H,6-7H2,1-2H3,(H3,15,17,18,19). The van der Waals surface area contributed by atoms with E-state index in [1.165, 1.54) is 0 Å². The lowest BCUT2D eigenvalue weighted by atomic mass is 10.2. The SMILES string of the molecule is CC(C)NCc1c(Cl)cccc1OCC(=O)NC(N)=O. The number of hydrogen-bond donors (Lipinski definition) is 3. The summed E-state index contributed by atoms with van der Waals surface area (Å²) in [5.74, 6) is -0.120. The molecular weight excluding hydrogens is 282 g/mol. The molecule has 1 rings (SSSR count). The molecule has 0 heterocycles. The van der Waals surface area contributed by atoms with Gasteiger partial charge in [0.15, 0.2) is 6.61 Å². The Morgan fingerprint density at radius 1 is 1.40 bits per heavy atom. The molecule has 0 bridgehead atoms. The molecule has 0 aliphatic carbocycles. The first-order valence-corrected chi connectivity index (χ1v) is 6.50. The maximum Gasteiger partial charge on any atom is 0.318 e. The lowest BCUT2D eigenvalue weighted by Gasteiger charge is -2.14. The summed E-state index contributed by atoms with van der Waals surface area (Å²) in [6, 6.07) is 4.56. The Kier molecular flexibility index (Phi) is 6.27. The molecule has 6 nitrogen and oxygen atoms in total. The van der Waals surface area contributed by atoms with Crippen LogP contribution in [0.1, 0.15) is 19.4 Å². The molecule has 0 saturated heterocycles. The number of imide groups is 1. The Labute approximate surface area is 122 Å². The van der Waals surface area contributed by atoms with Crippen LogP contribution in [0.15, 0.2) is 18.2 Å². The summed E-state index contributed by atoms with van der Waals surface area (Å²) < 4.78 is 5.37. The molecule has 0 aliphatic heterocycles. The van der Waals surface area contributed by atoms with Crippen LogP contribution >= 0.6 is 11.6 Å². The summed E-state index contributed by atoms with van der Waals surface area (Å²) in [4.78, 5) is 21.8. The second kappa shape index (κ2) is 7.72. The maximum absolute atomic E-state index is 11.3. The van der Waals surface area contributed by atoms with Crippen molar-refractivity contribution in [1.82, 2.24) is 10.6 Å². The number of halogens is 1. The highest BCUT2D eigenvalue weighted by molar-refractivity contribution is 6.31. The van der Waals surface area contributed by atoms with Crippen LogP contribution in [-0.2, 0) is 11.3 Å². The molecule has 7 heteroatoms. The lowest BCUT2D eigenvalue weighted by Crippen LogP contribution is -2.38. The van der Waals surface area contributed by atoms with Gasteiger partial charge >= 0.3 is 6.03 Å². The highest BCUT2D eigenvalue weighted by Crippen LogP contribution is 2.26. The molecule has 0 aromatic heterocycles.